The van der Waals surface area contributed by atoms with Crippen molar-refractivity contribution in [1.29, 1.82) is 0 Å². The van der Waals surface area contributed by atoms with Crippen LogP contribution in [0.25, 0.3) is 0 Å². The molecule has 1 aliphatic carbocycles. The SMILES string of the molecule is CC1CCC(OC(CI)c2cccc(Cl)c2)CC1. The van der Waals surface area contributed by atoms with E-state index in [1.54, 1.807) is 0 Å². The number of hydrogen-bond donors (Lipinski definition) is 0. The maximum absolute atomic E-state index is 6.26. The molecular formula is C15H20ClIO. The second-order valence-corrected chi connectivity index (χ2v) is 6.53. The molecule has 0 amide bonds. The Kier molecular flexibility index (Phi) is 5.77. The van der Waals surface area contributed by atoms with E-state index in [9.17, 15) is 0 Å². The fourth-order valence-electron chi connectivity index (χ4n) is 2.51. The van der Waals surface area contributed by atoms with Gasteiger partial charge in [0, 0.05) is 9.45 Å². The second kappa shape index (κ2) is 7.11. The van der Waals surface area contributed by atoms with Gasteiger partial charge in [0.2, 0.25) is 0 Å². The molecule has 18 heavy (non-hydrogen) atoms. The Balaban J connectivity index is 1.97. The van der Waals surface area contributed by atoms with E-state index < -0.39 is 0 Å². The summed E-state index contributed by atoms with van der Waals surface area (Å²) in [6, 6.07) is 8.05. The van der Waals surface area contributed by atoms with Gasteiger partial charge in [-0.3, -0.25) is 0 Å². The molecule has 0 bridgehead atoms. The van der Waals surface area contributed by atoms with Crippen LogP contribution in [0.15, 0.2) is 24.3 Å². The van der Waals surface area contributed by atoms with Gasteiger partial charge in [-0.1, -0.05) is 53.2 Å². The predicted octanol–water partition coefficient (Wildman–Crippen LogP) is 5.41. The molecule has 1 fully saturated rings. The monoisotopic (exact) mass is 378 g/mol. The minimum absolute atomic E-state index is 0.183. The first-order valence-electron chi connectivity index (χ1n) is 6.66. The van der Waals surface area contributed by atoms with Gasteiger partial charge >= 0.3 is 0 Å². The molecule has 2 rings (SSSR count). The molecule has 1 aromatic carbocycles. The second-order valence-electron chi connectivity index (χ2n) is 5.22. The average molecular weight is 379 g/mol. The number of alkyl halides is 1. The Labute approximate surface area is 128 Å². The van der Waals surface area contributed by atoms with Gasteiger partial charge in [0.1, 0.15) is 0 Å². The van der Waals surface area contributed by atoms with E-state index in [0.29, 0.717) is 6.10 Å². The zero-order valence-electron chi connectivity index (χ0n) is 10.7. The van der Waals surface area contributed by atoms with Crippen LogP contribution in [0.4, 0.5) is 0 Å². The van der Waals surface area contributed by atoms with E-state index in [0.717, 1.165) is 15.4 Å². The van der Waals surface area contributed by atoms with E-state index in [1.807, 2.05) is 18.2 Å². The van der Waals surface area contributed by atoms with Crippen molar-refractivity contribution in [3.63, 3.8) is 0 Å². The van der Waals surface area contributed by atoms with Crippen LogP contribution >= 0.6 is 34.2 Å². The summed E-state index contributed by atoms with van der Waals surface area (Å²) in [4.78, 5) is 0. The first-order chi connectivity index (χ1) is 8.69. The highest BCUT2D eigenvalue weighted by Gasteiger charge is 2.22. The van der Waals surface area contributed by atoms with Crippen molar-refractivity contribution in [3.05, 3.63) is 34.9 Å². The fraction of sp³-hybridized carbons (Fsp3) is 0.600. The molecule has 0 spiro atoms. The quantitative estimate of drug-likeness (QED) is 0.503. The minimum Gasteiger partial charge on any atom is -0.369 e. The van der Waals surface area contributed by atoms with Gasteiger partial charge in [-0.25, -0.2) is 0 Å². The summed E-state index contributed by atoms with van der Waals surface area (Å²) in [6.07, 6.45) is 5.62. The molecule has 1 aliphatic rings. The van der Waals surface area contributed by atoms with E-state index in [1.165, 1.54) is 31.2 Å². The molecule has 0 saturated heterocycles. The van der Waals surface area contributed by atoms with Crippen molar-refractivity contribution in [3.8, 4) is 0 Å². The summed E-state index contributed by atoms with van der Waals surface area (Å²) in [5.74, 6) is 0.870. The molecule has 1 unspecified atom stereocenters. The molecular weight excluding hydrogens is 359 g/mol. The zero-order valence-corrected chi connectivity index (χ0v) is 13.7. The highest BCUT2D eigenvalue weighted by Crippen LogP contribution is 2.31. The normalized spacial score (nSPS) is 25.9. The molecule has 1 atom stereocenters. The Morgan fingerprint density at radius 2 is 2.06 bits per heavy atom. The lowest BCUT2D eigenvalue weighted by atomic mass is 9.89. The third-order valence-corrected chi connectivity index (χ3v) is 4.72. The first-order valence-corrected chi connectivity index (χ1v) is 8.56. The van der Waals surface area contributed by atoms with E-state index in [4.69, 9.17) is 16.3 Å². The summed E-state index contributed by atoms with van der Waals surface area (Å²) in [5.41, 5.74) is 1.20. The van der Waals surface area contributed by atoms with Crippen molar-refractivity contribution in [1.82, 2.24) is 0 Å². The van der Waals surface area contributed by atoms with E-state index in [-0.39, 0.29) is 6.10 Å². The Morgan fingerprint density at radius 3 is 2.67 bits per heavy atom. The number of benzene rings is 1. The first kappa shape index (κ1) is 14.6. The summed E-state index contributed by atoms with van der Waals surface area (Å²) < 4.78 is 7.24. The molecule has 1 saturated carbocycles. The molecule has 0 heterocycles. The van der Waals surface area contributed by atoms with Gasteiger partial charge in [0.25, 0.3) is 0 Å². The topological polar surface area (TPSA) is 9.23 Å². The number of hydrogen-bond acceptors (Lipinski definition) is 1. The predicted molar refractivity (Wildman–Crippen MR) is 85.6 cm³/mol. The Hall–Kier alpha value is 0.200. The van der Waals surface area contributed by atoms with Crippen molar-refractivity contribution < 1.29 is 4.74 Å². The van der Waals surface area contributed by atoms with Crippen LogP contribution in [0, 0.1) is 5.92 Å². The molecule has 0 aromatic heterocycles. The van der Waals surface area contributed by atoms with Crippen LogP contribution in [0.1, 0.15) is 44.3 Å². The number of rotatable bonds is 4. The van der Waals surface area contributed by atoms with Gasteiger partial charge in [0.15, 0.2) is 0 Å². The zero-order chi connectivity index (χ0) is 13.0. The van der Waals surface area contributed by atoms with Crippen LogP contribution in [-0.4, -0.2) is 10.5 Å². The lowest BCUT2D eigenvalue weighted by molar-refractivity contribution is -0.0248. The third-order valence-electron chi connectivity index (χ3n) is 3.68. The highest BCUT2D eigenvalue weighted by atomic mass is 127. The number of halogens is 2. The molecule has 0 N–H and O–H groups in total. The fourth-order valence-corrected chi connectivity index (χ4v) is 3.42. The van der Waals surface area contributed by atoms with Crippen molar-refractivity contribution >= 4 is 34.2 Å². The van der Waals surface area contributed by atoms with Crippen LogP contribution < -0.4 is 0 Å². The standard InChI is InChI=1S/C15H20ClIO/c1-11-5-7-14(8-6-11)18-15(10-17)12-3-2-4-13(16)9-12/h2-4,9,11,14-15H,5-8,10H2,1H3. The maximum atomic E-state index is 6.26. The van der Waals surface area contributed by atoms with Crippen molar-refractivity contribution in [2.24, 2.45) is 5.92 Å². The summed E-state index contributed by atoms with van der Waals surface area (Å²) >= 11 is 8.45. The number of ether oxygens (including phenoxy) is 1. The molecule has 3 heteroatoms. The van der Waals surface area contributed by atoms with Gasteiger partial charge < -0.3 is 4.74 Å². The maximum Gasteiger partial charge on any atom is 0.0918 e. The largest absolute Gasteiger partial charge is 0.369 e. The lowest BCUT2D eigenvalue weighted by Gasteiger charge is -2.29. The van der Waals surface area contributed by atoms with Crippen LogP contribution in [0.5, 0.6) is 0 Å². The molecule has 0 radical (unpaired) electrons. The lowest BCUT2D eigenvalue weighted by Crippen LogP contribution is -2.23. The van der Waals surface area contributed by atoms with Crippen molar-refractivity contribution in [2.75, 3.05) is 4.43 Å². The smallest absolute Gasteiger partial charge is 0.0918 e. The van der Waals surface area contributed by atoms with E-state index in [2.05, 4.69) is 35.6 Å². The van der Waals surface area contributed by atoms with Gasteiger partial charge in [-0.05, 0) is 49.3 Å². The summed E-state index contributed by atoms with van der Waals surface area (Å²) in [5, 5.41) is 0.795. The average Bonchev–Trinajstić information content (AvgIpc) is 2.38. The van der Waals surface area contributed by atoms with Crippen LogP contribution in [0.2, 0.25) is 5.02 Å². The van der Waals surface area contributed by atoms with Gasteiger partial charge in [0.05, 0.1) is 12.2 Å². The molecule has 1 nitrogen and oxygen atoms in total. The summed E-state index contributed by atoms with van der Waals surface area (Å²) in [6.45, 7) is 2.34. The Morgan fingerprint density at radius 1 is 1.33 bits per heavy atom. The Bertz CT molecular complexity index is 375. The van der Waals surface area contributed by atoms with Gasteiger partial charge in [-0.15, -0.1) is 0 Å². The summed E-state index contributed by atoms with van der Waals surface area (Å²) in [7, 11) is 0. The van der Waals surface area contributed by atoms with E-state index >= 15 is 0 Å². The minimum atomic E-state index is 0.183. The van der Waals surface area contributed by atoms with Gasteiger partial charge in [-0.2, -0.15) is 0 Å². The van der Waals surface area contributed by atoms with Crippen LogP contribution in [-0.2, 0) is 4.74 Å². The molecule has 0 aliphatic heterocycles. The third kappa shape index (κ3) is 4.10. The van der Waals surface area contributed by atoms with Crippen LogP contribution in [0.3, 0.4) is 0 Å². The molecule has 100 valence electrons. The molecule has 1 aromatic rings. The van der Waals surface area contributed by atoms with Crippen molar-refractivity contribution in [2.45, 2.75) is 44.8 Å². The highest BCUT2D eigenvalue weighted by molar-refractivity contribution is 14.1.